The number of anilines is 3. The van der Waals surface area contributed by atoms with Crippen LogP contribution in [0.25, 0.3) is 0 Å². The van der Waals surface area contributed by atoms with E-state index in [0.29, 0.717) is 50.4 Å². The number of carboxylic acids is 1. The Kier molecular flexibility index (Phi) is 6.13. The van der Waals surface area contributed by atoms with Gasteiger partial charge in [0.25, 0.3) is 0 Å². The van der Waals surface area contributed by atoms with E-state index >= 15 is 0 Å². The summed E-state index contributed by atoms with van der Waals surface area (Å²) in [5.41, 5.74) is 1.74. The summed E-state index contributed by atoms with van der Waals surface area (Å²) in [5, 5.41) is 12.2. The fourth-order valence-corrected chi connectivity index (χ4v) is 3.37. The third-order valence-electron chi connectivity index (χ3n) is 4.82. The molecule has 1 saturated heterocycles. The van der Waals surface area contributed by atoms with E-state index in [2.05, 4.69) is 10.2 Å². The second-order valence-corrected chi connectivity index (χ2v) is 6.76. The second-order valence-electron chi connectivity index (χ2n) is 6.76. The number of hydrogen-bond acceptors (Lipinski definition) is 4. The average Bonchev–Trinajstić information content (AvgIpc) is 2.69. The molecule has 1 aliphatic rings. The number of hydrogen-bond donors (Lipinski definition) is 2. The highest BCUT2D eigenvalue weighted by atomic mass is 19.1. The molecule has 0 aromatic heterocycles. The molecule has 1 aliphatic heterocycles. The lowest BCUT2D eigenvalue weighted by molar-refractivity contribution is -0.116. The van der Waals surface area contributed by atoms with E-state index in [4.69, 9.17) is 0 Å². The number of carboxylic acid groups (broad SMARTS) is 1. The van der Waals surface area contributed by atoms with Crippen molar-refractivity contribution in [1.82, 2.24) is 0 Å². The van der Waals surface area contributed by atoms with Crippen molar-refractivity contribution in [2.75, 3.05) is 41.3 Å². The summed E-state index contributed by atoms with van der Waals surface area (Å²) in [5.74, 6) is -1.52. The zero-order chi connectivity index (χ0) is 20.1. The van der Waals surface area contributed by atoms with Crippen molar-refractivity contribution < 1.29 is 19.1 Å². The summed E-state index contributed by atoms with van der Waals surface area (Å²) in [6.45, 7) is 4.46. The molecular formula is C21H24FN3O3. The molecule has 1 heterocycles. The number of nitrogens with zero attached hydrogens (tertiary/aromatic N) is 2. The van der Waals surface area contributed by atoms with Crippen molar-refractivity contribution in [3.8, 4) is 0 Å². The molecule has 2 aromatic rings. The van der Waals surface area contributed by atoms with Gasteiger partial charge in [-0.15, -0.1) is 0 Å². The minimum atomic E-state index is -1.08. The molecular weight excluding hydrogens is 361 g/mol. The maximum Gasteiger partial charge on any atom is 0.337 e. The molecule has 0 unspecified atom stereocenters. The summed E-state index contributed by atoms with van der Waals surface area (Å²) in [6.07, 6.45) is 1.04. The van der Waals surface area contributed by atoms with Crippen molar-refractivity contribution in [2.24, 2.45) is 0 Å². The number of nitrogens with one attached hydrogen (secondary N) is 1. The fourth-order valence-electron chi connectivity index (χ4n) is 3.37. The number of carbonyl (C=O) groups is 2. The smallest absolute Gasteiger partial charge is 0.337 e. The Bertz CT molecular complexity index is 864. The molecule has 3 rings (SSSR count). The number of carbonyl (C=O) groups excluding carboxylic acids is 1. The van der Waals surface area contributed by atoms with Crippen LogP contribution in [0, 0.1) is 5.82 Å². The number of aromatic carboxylic acids is 1. The van der Waals surface area contributed by atoms with Crippen LogP contribution in [0.15, 0.2) is 42.5 Å². The molecule has 28 heavy (non-hydrogen) atoms. The molecule has 0 atom stereocenters. The van der Waals surface area contributed by atoms with Crippen molar-refractivity contribution in [1.29, 1.82) is 0 Å². The Labute approximate surface area is 163 Å². The van der Waals surface area contributed by atoms with Crippen molar-refractivity contribution in [3.05, 3.63) is 53.8 Å². The monoisotopic (exact) mass is 385 g/mol. The van der Waals surface area contributed by atoms with E-state index in [1.807, 2.05) is 24.0 Å². The summed E-state index contributed by atoms with van der Waals surface area (Å²) < 4.78 is 14.0. The summed E-state index contributed by atoms with van der Waals surface area (Å²) >= 11 is 0. The van der Waals surface area contributed by atoms with Crippen LogP contribution in [-0.2, 0) is 4.79 Å². The van der Waals surface area contributed by atoms with Gasteiger partial charge in [0.1, 0.15) is 5.82 Å². The van der Waals surface area contributed by atoms with Crippen LogP contribution in [0.4, 0.5) is 21.5 Å². The SMILES string of the molecule is CCCC(=O)Nc1ccc(N2CCN(c3ccccc3F)CC2)cc1C(=O)O. The van der Waals surface area contributed by atoms with Crippen LogP contribution < -0.4 is 15.1 Å². The molecule has 148 valence electrons. The van der Waals surface area contributed by atoms with Crippen molar-refractivity contribution >= 4 is 28.9 Å². The number of benzene rings is 2. The molecule has 0 spiro atoms. The zero-order valence-electron chi connectivity index (χ0n) is 15.8. The van der Waals surface area contributed by atoms with Crippen LogP contribution in [0.2, 0.25) is 0 Å². The van der Waals surface area contributed by atoms with Crippen LogP contribution in [0.1, 0.15) is 30.1 Å². The first-order valence-electron chi connectivity index (χ1n) is 9.41. The van der Waals surface area contributed by atoms with Gasteiger partial charge in [0.15, 0.2) is 0 Å². The van der Waals surface area contributed by atoms with Gasteiger partial charge in [0.2, 0.25) is 5.91 Å². The first-order chi connectivity index (χ1) is 13.5. The number of rotatable bonds is 6. The van der Waals surface area contributed by atoms with Crippen LogP contribution >= 0.6 is 0 Å². The first-order valence-corrected chi connectivity index (χ1v) is 9.41. The van der Waals surface area contributed by atoms with Gasteiger partial charge >= 0.3 is 5.97 Å². The summed E-state index contributed by atoms with van der Waals surface area (Å²) in [7, 11) is 0. The Morgan fingerprint density at radius 1 is 1.07 bits per heavy atom. The quantitative estimate of drug-likeness (QED) is 0.795. The van der Waals surface area contributed by atoms with Gasteiger partial charge in [-0.3, -0.25) is 4.79 Å². The molecule has 0 radical (unpaired) electrons. The van der Waals surface area contributed by atoms with Gasteiger partial charge in [-0.2, -0.15) is 0 Å². The third kappa shape index (κ3) is 4.42. The van der Waals surface area contributed by atoms with E-state index in [1.54, 1.807) is 24.3 Å². The Hall–Kier alpha value is -3.09. The van der Waals surface area contributed by atoms with E-state index in [0.717, 1.165) is 5.69 Å². The molecule has 6 nitrogen and oxygen atoms in total. The molecule has 0 saturated carbocycles. The predicted octanol–water partition coefficient (Wildman–Crippen LogP) is 3.59. The van der Waals surface area contributed by atoms with E-state index in [-0.39, 0.29) is 17.3 Å². The normalized spacial score (nSPS) is 14.1. The molecule has 1 amide bonds. The lowest BCUT2D eigenvalue weighted by Gasteiger charge is -2.37. The Morgan fingerprint density at radius 3 is 2.39 bits per heavy atom. The van der Waals surface area contributed by atoms with Gasteiger partial charge in [0, 0.05) is 38.3 Å². The van der Waals surface area contributed by atoms with Crippen molar-refractivity contribution in [3.63, 3.8) is 0 Å². The highest BCUT2D eigenvalue weighted by Crippen LogP contribution is 2.26. The molecule has 0 aliphatic carbocycles. The van der Waals surface area contributed by atoms with Gasteiger partial charge < -0.3 is 20.2 Å². The maximum absolute atomic E-state index is 14.0. The summed E-state index contributed by atoms with van der Waals surface area (Å²) in [6, 6.07) is 11.7. The minimum absolute atomic E-state index is 0.0680. The lowest BCUT2D eigenvalue weighted by atomic mass is 10.1. The maximum atomic E-state index is 14.0. The largest absolute Gasteiger partial charge is 0.478 e. The van der Waals surface area contributed by atoms with Crippen molar-refractivity contribution in [2.45, 2.75) is 19.8 Å². The van der Waals surface area contributed by atoms with E-state index < -0.39 is 5.97 Å². The van der Waals surface area contributed by atoms with Crippen LogP contribution in [-0.4, -0.2) is 43.2 Å². The van der Waals surface area contributed by atoms with E-state index in [1.165, 1.54) is 6.07 Å². The first kappa shape index (κ1) is 19.7. The average molecular weight is 385 g/mol. The Balaban J connectivity index is 1.72. The highest BCUT2D eigenvalue weighted by molar-refractivity contribution is 6.01. The third-order valence-corrected chi connectivity index (χ3v) is 4.82. The fraction of sp³-hybridized carbons (Fsp3) is 0.333. The van der Waals surface area contributed by atoms with Crippen LogP contribution in [0.5, 0.6) is 0 Å². The van der Waals surface area contributed by atoms with Crippen LogP contribution in [0.3, 0.4) is 0 Å². The molecule has 1 fully saturated rings. The highest BCUT2D eigenvalue weighted by Gasteiger charge is 2.21. The second kappa shape index (κ2) is 8.73. The van der Waals surface area contributed by atoms with Gasteiger partial charge in [-0.25, -0.2) is 9.18 Å². The number of para-hydroxylation sites is 1. The van der Waals surface area contributed by atoms with Gasteiger partial charge in [-0.05, 0) is 36.8 Å². The molecule has 2 N–H and O–H groups in total. The van der Waals surface area contributed by atoms with Gasteiger partial charge in [-0.1, -0.05) is 19.1 Å². The lowest BCUT2D eigenvalue weighted by Crippen LogP contribution is -2.46. The summed E-state index contributed by atoms with van der Waals surface area (Å²) in [4.78, 5) is 27.5. The Morgan fingerprint density at radius 2 is 1.75 bits per heavy atom. The zero-order valence-corrected chi connectivity index (χ0v) is 15.8. The number of amides is 1. The minimum Gasteiger partial charge on any atom is -0.478 e. The number of halogens is 1. The van der Waals surface area contributed by atoms with E-state index in [9.17, 15) is 19.1 Å². The molecule has 7 heteroatoms. The number of piperazine rings is 1. The standard InChI is InChI=1S/C21H24FN3O3/c1-2-5-20(26)23-18-9-8-15(14-16(18)21(27)28)24-10-12-25(13-11-24)19-7-4-3-6-17(19)22/h3-4,6-9,14H,2,5,10-13H2,1H3,(H,23,26)(H,27,28). The molecule has 2 aromatic carbocycles. The van der Waals surface area contributed by atoms with Gasteiger partial charge in [0.05, 0.1) is 16.9 Å². The molecule has 0 bridgehead atoms. The topological polar surface area (TPSA) is 72.9 Å². The predicted molar refractivity (Wildman–Crippen MR) is 108 cm³/mol.